The van der Waals surface area contributed by atoms with Gasteiger partial charge in [-0.05, 0) is 53.2 Å². The number of anilines is 1. The van der Waals surface area contributed by atoms with Crippen LogP contribution in [0.15, 0.2) is 78.8 Å². The standard InChI is InChI=1S/C35H35F2N8O5S/c1-22(33-42-30(18-51-33)25-9-7-24(15-38)8-10-25)35(48,28-14-27(36)11-12-29(28)37)19-45-21-44(20-41-45)23(2)50-34(47)43(4)32-26(6-5-13-40-32)17-49-31(46)16-39-3/h5-14,18,20-23,39,48H,16-17,19H2,1-4H3/q+1/p+1/t22-,23?,35+/m0/s1. The van der Waals surface area contributed by atoms with E-state index in [0.29, 0.717) is 21.8 Å². The number of carbonyl (C=O) groups excluding carboxylic acids is 2. The minimum atomic E-state index is -2.01. The van der Waals surface area contributed by atoms with E-state index in [1.165, 1.54) is 51.4 Å². The topological polar surface area (TPSA) is 161 Å². The monoisotopic (exact) mass is 718 g/mol. The van der Waals surface area contributed by atoms with Gasteiger partial charge in [-0.15, -0.1) is 15.9 Å². The Kier molecular flexibility index (Phi) is 11.4. The summed E-state index contributed by atoms with van der Waals surface area (Å²) >= 11 is 1.26. The Morgan fingerprint density at radius 2 is 1.96 bits per heavy atom. The molecule has 0 aliphatic carbocycles. The lowest BCUT2D eigenvalue weighted by atomic mass is 9.82. The highest BCUT2D eigenvalue weighted by Crippen LogP contribution is 2.41. The molecular formula is C35H36F2N8O5S+2. The van der Waals surface area contributed by atoms with Gasteiger partial charge in [-0.25, -0.2) is 23.5 Å². The van der Waals surface area contributed by atoms with Crippen LogP contribution in [0.25, 0.3) is 11.3 Å². The summed E-state index contributed by atoms with van der Waals surface area (Å²) < 4.78 is 43.7. The van der Waals surface area contributed by atoms with Gasteiger partial charge in [-0.2, -0.15) is 5.26 Å². The van der Waals surface area contributed by atoms with Gasteiger partial charge >= 0.3 is 24.7 Å². The molecule has 3 atom stereocenters. The van der Waals surface area contributed by atoms with Crippen molar-refractivity contribution in [3.63, 3.8) is 0 Å². The van der Waals surface area contributed by atoms with E-state index < -0.39 is 41.4 Å². The number of amides is 1. The van der Waals surface area contributed by atoms with Crippen LogP contribution in [0.1, 0.15) is 47.7 Å². The van der Waals surface area contributed by atoms with E-state index >= 15 is 4.39 Å². The lowest BCUT2D eigenvalue weighted by molar-refractivity contribution is -0.842. The van der Waals surface area contributed by atoms with Crippen LogP contribution in [0.5, 0.6) is 0 Å². The van der Waals surface area contributed by atoms with E-state index in [1.807, 2.05) is 0 Å². The highest BCUT2D eigenvalue weighted by molar-refractivity contribution is 7.10. The van der Waals surface area contributed by atoms with Crippen LogP contribution < -0.4 is 19.5 Å². The zero-order valence-electron chi connectivity index (χ0n) is 28.2. The largest absolute Gasteiger partial charge is 0.460 e. The summed E-state index contributed by atoms with van der Waals surface area (Å²) in [5, 5.41) is 29.3. The third-order valence-corrected chi connectivity index (χ3v) is 9.26. The molecule has 3 N–H and O–H groups in total. The third-order valence-electron chi connectivity index (χ3n) is 8.23. The van der Waals surface area contributed by atoms with Crippen molar-refractivity contribution in [1.82, 2.24) is 20.4 Å². The van der Waals surface area contributed by atoms with E-state index in [2.05, 4.69) is 21.5 Å². The second kappa shape index (κ2) is 15.9. The van der Waals surface area contributed by atoms with Crippen LogP contribution in [0.2, 0.25) is 0 Å². The van der Waals surface area contributed by atoms with E-state index in [-0.39, 0.29) is 31.1 Å². The molecule has 5 rings (SSSR count). The summed E-state index contributed by atoms with van der Waals surface area (Å²) in [6.45, 7) is 2.95. The van der Waals surface area contributed by atoms with Gasteiger partial charge in [0.1, 0.15) is 24.1 Å². The number of aromatic nitrogens is 5. The Balaban J connectivity index is 1.35. The van der Waals surface area contributed by atoms with Crippen molar-refractivity contribution < 1.29 is 42.2 Å². The number of aromatic amines is 1. The summed E-state index contributed by atoms with van der Waals surface area (Å²) in [5.74, 6) is -2.58. The number of likely N-dealkylation sites (N-methyl/N-ethyl adjacent to an activating group) is 1. The number of pyridine rings is 1. The van der Waals surface area contributed by atoms with Gasteiger partial charge in [-0.3, -0.25) is 9.69 Å². The maximum atomic E-state index is 15.3. The number of hydrogen-bond acceptors (Lipinski definition) is 10. The molecule has 5 aromatic rings. The number of ether oxygens (including phenoxy) is 2. The molecule has 13 nitrogen and oxygen atoms in total. The molecule has 51 heavy (non-hydrogen) atoms. The zero-order valence-corrected chi connectivity index (χ0v) is 29.0. The lowest BCUT2D eigenvalue weighted by Gasteiger charge is -2.30. The zero-order chi connectivity index (χ0) is 36.7. The van der Waals surface area contributed by atoms with E-state index in [9.17, 15) is 19.1 Å². The molecule has 0 aliphatic rings. The van der Waals surface area contributed by atoms with Crippen LogP contribution in [-0.4, -0.2) is 52.9 Å². The fourth-order valence-corrected chi connectivity index (χ4v) is 6.28. The molecule has 264 valence electrons. The first-order chi connectivity index (χ1) is 24.4. The summed E-state index contributed by atoms with van der Waals surface area (Å²) in [5.41, 5.74) is 0.0756. The number of esters is 1. The maximum Gasteiger partial charge on any atom is 0.419 e. The van der Waals surface area contributed by atoms with Crippen molar-refractivity contribution in [2.24, 2.45) is 0 Å². The van der Waals surface area contributed by atoms with Crippen LogP contribution >= 0.6 is 11.3 Å². The van der Waals surface area contributed by atoms with Gasteiger partial charge in [0.2, 0.25) is 0 Å². The van der Waals surface area contributed by atoms with Gasteiger partial charge in [0.05, 0.1) is 28.9 Å². The molecule has 2 aromatic carbocycles. The van der Waals surface area contributed by atoms with Crippen molar-refractivity contribution in [2.45, 2.75) is 44.7 Å². The van der Waals surface area contributed by atoms with Crippen molar-refractivity contribution in [3.05, 3.63) is 112 Å². The highest BCUT2D eigenvalue weighted by Gasteiger charge is 2.45. The molecule has 1 unspecified atom stereocenters. The first-order valence-electron chi connectivity index (χ1n) is 15.7. The minimum Gasteiger partial charge on any atom is -0.460 e. The Bertz CT molecular complexity index is 2050. The fourth-order valence-electron chi connectivity index (χ4n) is 5.31. The van der Waals surface area contributed by atoms with Crippen molar-refractivity contribution in [2.75, 3.05) is 25.5 Å². The average molecular weight is 719 g/mol. The minimum absolute atomic E-state index is 0.0259. The first kappa shape index (κ1) is 36.6. The molecule has 0 fully saturated rings. The molecule has 0 spiro atoms. The molecule has 3 aromatic heterocycles. The highest BCUT2D eigenvalue weighted by atomic mass is 32.1. The summed E-state index contributed by atoms with van der Waals surface area (Å²) in [7, 11) is 3.09. The second-order valence-corrected chi connectivity index (χ2v) is 12.6. The average Bonchev–Trinajstić information content (AvgIpc) is 3.82. The lowest BCUT2D eigenvalue weighted by Crippen LogP contribution is -2.52. The van der Waals surface area contributed by atoms with E-state index in [1.54, 1.807) is 62.7 Å². The molecule has 3 heterocycles. The molecule has 0 saturated heterocycles. The second-order valence-electron chi connectivity index (χ2n) is 11.7. The number of nitrogens with zero attached hydrogens (tertiary/aromatic N) is 6. The van der Waals surface area contributed by atoms with E-state index in [0.717, 1.165) is 23.8 Å². The molecular weight excluding hydrogens is 682 g/mol. The van der Waals surface area contributed by atoms with Crippen LogP contribution in [0.4, 0.5) is 19.4 Å². The number of nitrogens with one attached hydrogen (secondary N) is 2. The number of H-pyrrole nitrogens is 1. The smallest absolute Gasteiger partial charge is 0.419 e. The van der Waals surface area contributed by atoms with Crippen LogP contribution in [0.3, 0.4) is 0 Å². The number of nitriles is 1. The SMILES string of the molecule is CNCC(=O)OCc1cccnc1N(C)C(=O)OC(C)[n+]1c[nH][n+](C[C@](O)(c2cc(F)ccc2F)[C@@H](C)c2nc(-c3ccc(C#N)cc3)cs2)c1. The Labute approximate surface area is 296 Å². The van der Waals surface area contributed by atoms with Crippen molar-refractivity contribution >= 4 is 29.2 Å². The van der Waals surface area contributed by atoms with Gasteiger partial charge in [0, 0.05) is 48.2 Å². The number of rotatable bonds is 13. The Hall–Kier alpha value is -5.63. The summed E-state index contributed by atoms with van der Waals surface area (Å²) in [6.07, 6.45) is 2.88. The third kappa shape index (κ3) is 8.40. The fraction of sp³-hybridized carbons (Fsp3) is 0.286. The molecule has 0 radical (unpaired) electrons. The van der Waals surface area contributed by atoms with Gasteiger partial charge < -0.3 is 19.9 Å². The Morgan fingerprint density at radius 3 is 2.69 bits per heavy atom. The van der Waals surface area contributed by atoms with E-state index in [4.69, 9.17) is 19.7 Å². The van der Waals surface area contributed by atoms with Crippen molar-refractivity contribution in [1.29, 1.82) is 5.26 Å². The predicted octanol–water partition coefficient (Wildman–Crippen LogP) is 4.00. The first-order valence-corrected chi connectivity index (χ1v) is 16.6. The predicted molar refractivity (Wildman–Crippen MR) is 180 cm³/mol. The number of hydrogen-bond donors (Lipinski definition) is 3. The molecule has 0 aliphatic heterocycles. The van der Waals surface area contributed by atoms with Crippen LogP contribution in [0, 0.1) is 23.0 Å². The number of halogens is 2. The molecule has 0 bridgehead atoms. The van der Waals surface area contributed by atoms with Gasteiger partial charge in [0.25, 0.3) is 6.23 Å². The number of thiazole rings is 1. The van der Waals surface area contributed by atoms with Crippen LogP contribution in [-0.2, 0) is 33.0 Å². The molecule has 16 heteroatoms. The van der Waals surface area contributed by atoms with Crippen molar-refractivity contribution in [3.8, 4) is 17.3 Å². The normalized spacial score (nSPS) is 13.5. The molecule has 0 saturated carbocycles. The summed E-state index contributed by atoms with van der Waals surface area (Å²) in [6, 6.07) is 15.2. The number of aliphatic hydroxyl groups is 1. The quantitative estimate of drug-likeness (QED) is 0.121. The number of benzene rings is 2. The van der Waals surface area contributed by atoms with Gasteiger partial charge in [-0.1, -0.05) is 25.1 Å². The maximum absolute atomic E-state index is 15.3. The van der Waals surface area contributed by atoms with Gasteiger partial charge in [0.15, 0.2) is 12.1 Å². The summed E-state index contributed by atoms with van der Waals surface area (Å²) in [4.78, 5) is 35.2. The Morgan fingerprint density at radius 1 is 1.20 bits per heavy atom. The number of carbonyl (C=O) groups is 2. The molecule has 1 amide bonds.